The molecule has 1 aliphatic carbocycles. The molecule has 1 spiro atoms. The molecule has 1 aromatic carbocycles. The normalized spacial score (nSPS) is 25.3. The number of halogens is 3. The monoisotopic (exact) mass is 419 g/mol. The van der Waals surface area contributed by atoms with Crippen molar-refractivity contribution in [2.45, 2.75) is 57.3 Å². The number of ether oxygens (including phenoxy) is 1. The first kappa shape index (κ1) is 19.6. The fraction of sp³-hybridized carbons (Fsp3) is 0.545. The highest BCUT2D eigenvalue weighted by atomic mass is 19.4. The Morgan fingerprint density at radius 3 is 2.67 bits per heavy atom. The quantitative estimate of drug-likeness (QED) is 0.742. The molecule has 0 radical (unpaired) electrons. The van der Waals surface area contributed by atoms with Crippen molar-refractivity contribution in [3.8, 4) is 5.69 Å². The largest absolute Gasteiger partial charge is 0.416 e. The smallest absolute Gasteiger partial charge is 0.376 e. The lowest BCUT2D eigenvalue weighted by atomic mass is 9.56. The zero-order chi connectivity index (χ0) is 21.1. The third-order valence-electron chi connectivity index (χ3n) is 6.90. The Hall–Kier alpha value is -2.35. The van der Waals surface area contributed by atoms with Gasteiger partial charge in [-0.3, -0.25) is 4.79 Å². The molecule has 8 heteroatoms. The lowest BCUT2D eigenvalue weighted by Crippen LogP contribution is -2.72. The summed E-state index contributed by atoms with van der Waals surface area (Å²) in [4.78, 5) is 15.1. The first-order chi connectivity index (χ1) is 14.3. The summed E-state index contributed by atoms with van der Waals surface area (Å²) in [5.74, 6) is -0.165. The molecule has 1 saturated carbocycles. The van der Waals surface area contributed by atoms with Crippen LogP contribution in [0.15, 0.2) is 30.3 Å². The number of amides is 1. The summed E-state index contributed by atoms with van der Waals surface area (Å²) in [7, 11) is 0. The van der Waals surface area contributed by atoms with Gasteiger partial charge in [-0.1, -0.05) is 12.5 Å². The number of alkyl halides is 3. The molecule has 0 bridgehead atoms. The van der Waals surface area contributed by atoms with Gasteiger partial charge in [0, 0.05) is 24.3 Å². The van der Waals surface area contributed by atoms with Gasteiger partial charge in [0.05, 0.1) is 23.4 Å². The molecule has 0 unspecified atom stereocenters. The van der Waals surface area contributed by atoms with Gasteiger partial charge in [0.1, 0.15) is 0 Å². The van der Waals surface area contributed by atoms with Gasteiger partial charge in [-0.2, -0.15) is 18.3 Å². The van der Waals surface area contributed by atoms with E-state index in [0.29, 0.717) is 12.2 Å². The van der Waals surface area contributed by atoms with Crippen LogP contribution < -0.4 is 0 Å². The van der Waals surface area contributed by atoms with Crippen LogP contribution in [-0.4, -0.2) is 45.9 Å². The molecule has 0 N–H and O–H groups in total. The van der Waals surface area contributed by atoms with Gasteiger partial charge < -0.3 is 9.64 Å². The van der Waals surface area contributed by atoms with E-state index in [0.717, 1.165) is 44.4 Å². The van der Waals surface area contributed by atoms with Crippen LogP contribution in [0.5, 0.6) is 0 Å². The van der Waals surface area contributed by atoms with E-state index in [4.69, 9.17) is 4.74 Å². The van der Waals surface area contributed by atoms with Crippen LogP contribution >= 0.6 is 0 Å². The molecular weight excluding hydrogens is 395 g/mol. The highest BCUT2D eigenvalue weighted by molar-refractivity contribution is 5.93. The van der Waals surface area contributed by atoms with Gasteiger partial charge in [0.15, 0.2) is 5.69 Å². The zero-order valence-corrected chi connectivity index (χ0v) is 16.8. The number of nitrogens with zero attached hydrogens (tertiary/aromatic N) is 3. The molecular formula is C22H24F3N3O2. The van der Waals surface area contributed by atoms with Crippen LogP contribution in [0.1, 0.15) is 53.8 Å². The first-order valence-corrected chi connectivity index (χ1v) is 10.5. The minimum Gasteiger partial charge on any atom is -0.376 e. The van der Waals surface area contributed by atoms with E-state index in [-0.39, 0.29) is 34.8 Å². The molecule has 2 saturated heterocycles. The summed E-state index contributed by atoms with van der Waals surface area (Å²) in [5.41, 5.74) is 0.614. The van der Waals surface area contributed by atoms with Crippen LogP contribution in [0, 0.1) is 12.3 Å². The fourth-order valence-corrected chi connectivity index (χ4v) is 5.28. The molecule has 3 aliphatic rings. The van der Waals surface area contributed by atoms with Crippen LogP contribution in [0.4, 0.5) is 13.2 Å². The summed E-state index contributed by atoms with van der Waals surface area (Å²) in [6, 6.07) is 6.73. The van der Waals surface area contributed by atoms with Crippen molar-refractivity contribution in [1.82, 2.24) is 14.7 Å². The van der Waals surface area contributed by atoms with E-state index in [9.17, 15) is 18.0 Å². The van der Waals surface area contributed by atoms with Crippen LogP contribution in [0.25, 0.3) is 5.69 Å². The minimum atomic E-state index is -4.43. The van der Waals surface area contributed by atoms with E-state index >= 15 is 0 Å². The number of hydrogen-bond donors (Lipinski definition) is 0. The number of rotatable bonds is 3. The Labute approximate surface area is 172 Å². The third-order valence-corrected chi connectivity index (χ3v) is 6.90. The van der Waals surface area contributed by atoms with Crippen molar-refractivity contribution in [2.75, 3.05) is 13.2 Å². The number of hydrogen-bond acceptors (Lipinski definition) is 3. The van der Waals surface area contributed by atoms with Gasteiger partial charge >= 0.3 is 6.18 Å². The fourth-order valence-electron chi connectivity index (χ4n) is 5.28. The number of aromatic nitrogens is 2. The molecule has 3 heterocycles. The highest BCUT2D eigenvalue weighted by Gasteiger charge is 2.60. The predicted molar refractivity (Wildman–Crippen MR) is 103 cm³/mol. The van der Waals surface area contributed by atoms with E-state index in [2.05, 4.69) is 5.10 Å². The maximum absolute atomic E-state index is 13.3. The molecule has 5 rings (SSSR count). The predicted octanol–water partition coefficient (Wildman–Crippen LogP) is 4.37. The second-order valence-electron chi connectivity index (χ2n) is 8.78. The summed E-state index contributed by atoms with van der Waals surface area (Å²) >= 11 is 0. The molecule has 2 atom stereocenters. The Bertz CT molecular complexity index is 974. The lowest BCUT2D eigenvalue weighted by Gasteiger charge is -2.63. The van der Waals surface area contributed by atoms with Gasteiger partial charge in [-0.15, -0.1) is 0 Å². The average Bonchev–Trinajstić information content (AvgIpc) is 3.29. The summed E-state index contributed by atoms with van der Waals surface area (Å²) < 4.78 is 46.6. The highest BCUT2D eigenvalue weighted by Crippen LogP contribution is 2.55. The second-order valence-corrected chi connectivity index (χ2v) is 8.78. The lowest BCUT2D eigenvalue weighted by molar-refractivity contribution is -0.150. The van der Waals surface area contributed by atoms with Crippen molar-refractivity contribution in [3.63, 3.8) is 0 Å². The SMILES string of the molecule is Cc1cc(C(=O)N2CC3(CCC3)[C@H]2[C@H]2CCCO2)nn1-c1cccc(C(F)(F)F)c1. The van der Waals surface area contributed by atoms with Gasteiger partial charge in [-0.25, -0.2) is 4.68 Å². The Balaban J connectivity index is 1.41. The molecule has 2 aromatic rings. The molecule has 1 aromatic heterocycles. The number of aryl methyl sites for hydroxylation is 1. The van der Waals surface area contributed by atoms with Crippen LogP contribution in [0.2, 0.25) is 0 Å². The minimum absolute atomic E-state index is 0.0784. The maximum atomic E-state index is 13.3. The average molecular weight is 419 g/mol. The zero-order valence-electron chi connectivity index (χ0n) is 16.8. The van der Waals surface area contributed by atoms with Crippen LogP contribution in [-0.2, 0) is 10.9 Å². The number of carbonyl (C=O) groups is 1. The van der Waals surface area contributed by atoms with Gasteiger partial charge in [-0.05, 0) is 56.9 Å². The van der Waals surface area contributed by atoms with Crippen molar-refractivity contribution in [2.24, 2.45) is 5.41 Å². The Kier molecular flexibility index (Phi) is 4.47. The van der Waals surface area contributed by atoms with E-state index in [1.165, 1.54) is 17.2 Å². The number of benzene rings is 1. The molecule has 160 valence electrons. The van der Waals surface area contributed by atoms with E-state index < -0.39 is 11.7 Å². The van der Waals surface area contributed by atoms with E-state index in [1.54, 1.807) is 19.1 Å². The van der Waals surface area contributed by atoms with E-state index in [1.807, 2.05) is 4.90 Å². The maximum Gasteiger partial charge on any atom is 0.416 e. The first-order valence-electron chi connectivity index (χ1n) is 10.5. The molecule has 3 fully saturated rings. The molecule has 2 aliphatic heterocycles. The topological polar surface area (TPSA) is 47.4 Å². The van der Waals surface area contributed by atoms with Gasteiger partial charge in [0.2, 0.25) is 0 Å². The van der Waals surface area contributed by atoms with Crippen molar-refractivity contribution in [1.29, 1.82) is 0 Å². The van der Waals surface area contributed by atoms with Crippen molar-refractivity contribution in [3.05, 3.63) is 47.3 Å². The number of likely N-dealkylation sites (tertiary alicyclic amines) is 1. The molecule has 5 nitrogen and oxygen atoms in total. The standard InChI is InChI=1S/C22H24F3N3O2/c1-14-11-17(26-28(14)16-6-2-5-15(12-16)22(23,24)25)20(29)27-13-21(8-4-9-21)19(27)18-7-3-10-30-18/h2,5-6,11-12,18-19H,3-4,7-10,13H2,1H3/t18-,19-/m1/s1. The van der Waals surface area contributed by atoms with Crippen molar-refractivity contribution >= 4 is 5.91 Å². The number of carbonyl (C=O) groups excluding carboxylic acids is 1. The Morgan fingerprint density at radius 1 is 1.23 bits per heavy atom. The summed E-state index contributed by atoms with van der Waals surface area (Å²) in [6.45, 7) is 3.19. The molecule has 30 heavy (non-hydrogen) atoms. The summed E-state index contributed by atoms with van der Waals surface area (Å²) in [6.07, 6.45) is 1.07. The molecule has 1 amide bonds. The van der Waals surface area contributed by atoms with Gasteiger partial charge in [0.25, 0.3) is 5.91 Å². The van der Waals surface area contributed by atoms with Crippen LogP contribution in [0.3, 0.4) is 0 Å². The second kappa shape index (κ2) is 6.83. The summed E-state index contributed by atoms with van der Waals surface area (Å²) in [5, 5.41) is 4.38. The third kappa shape index (κ3) is 3.04. The Morgan fingerprint density at radius 2 is 2.03 bits per heavy atom. The van der Waals surface area contributed by atoms with Crippen molar-refractivity contribution < 1.29 is 22.7 Å².